The van der Waals surface area contributed by atoms with Crippen LogP contribution in [-0.2, 0) is 11.0 Å². The van der Waals surface area contributed by atoms with Crippen LogP contribution in [0.4, 0.5) is 24.7 Å². The third kappa shape index (κ3) is 11.1. The molecule has 3 saturated heterocycles. The molecule has 0 radical (unpaired) electrons. The zero-order chi connectivity index (χ0) is 50.2. The lowest BCUT2D eigenvalue weighted by atomic mass is 9.71. The molecule has 1 atom stereocenters. The summed E-state index contributed by atoms with van der Waals surface area (Å²) in [6.07, 6.45) is 4.09. The lowest BCUT2D eigenvalue weighted by Gasteiger charge is -2.47. The molecule has 1 saturated carbocycles. The summed E-state index contributed by atoms with van der Waals surface area (Å²) < 4.78 is 48.0. The molecule has 1 aliphatic carbocycles. The second-order valence-electron chi connectivity index (χ2n) is 20.0. The first-order valence-corrected chi connectivity index (χ1v) is 25.1. The van der Waals surface area contributed by atoms with Crippen LogP contribution in [0.3, 0.4) is 0 Å². The number of aryl methyl sites for hydroxylation is 1. The van der Waals surface area contributed by atoms with Gasteiger partial charge in [-0.25, -0.2) is 14.8 Å². The van der Waals surface area contributed by atoms with Crippen molar-refractivity contribution in [2.75, 3.05) is 83.6 Å². The third-order valence-electron chi connectivity index (χ3n) is 15.6. The molecule has 0 unspecified atom stereocenters. The molecule has 5 aromatic rings. The van der Waals surface area contributed by atoms with E-state index < -0.39 is 29.0 Å². The summed E-state index contributed by atoms with van der Waals surface area (Å²) in [6.45, 7) is 12.0. The van der Waals surface area contributed by atoms with E-state index in [1.54, 1.807) is 39.2 Å². The number of rotatable bonds is 11. The Hall–Kier alpha value is -5.98. The molecule has 19 heteroatoms. The van der Waals surface area contributed by atoms with Crippen molar-refractivity contribution < 1.29 is 27.5 Å². The largest absolute Gasteiger partial charge is 0.496 e. The minimum Gasteiger partial charge on any atom is -0.496 e. The number of nitrogens with one attached hydrogen (secondary N) is 2. The maximum atomic E-state index is 13.9. The summed E-state index contributed by atoms with van der Waals surface area (Å²) in [5, 5.41) is 4.37. The van der Waals surface area contributed by atoms with Crippen LogP contribution in [0.15, 0.2) is 70.4 Å². The summed E-state index contributed by atoms with van der Waals surface area (Å²) in [7, 11) is 1.64. The predicted octanol–water partition coefficient (Wildman–Crippen LogP) is 7.65. The van der Waals surface area contributed by atoms with Gasteiger partial charge in [0.05, 0.1) is 34.9 Å². The number of alkyl halides is 3. The Morgan fingerprint density at radius 2 is 1.55 bits per heavy atom. The molecule has 4 aliphatic rings. The Labute approximate surface area is 415 Å². The number of piperazine rings is 1. The van der Waals surface area contributed by atoms with Gasteiger partial charge in [0.25, 0.3) is 11.5 Å². The van der Waals surface area contributed by atoms with Crippen LogP contribution >= 0.6 is 11.6 Å². The summed E-state index contributed by atoms with van der Waals surface area (Å²) in [5.74, 6) is 1.98. The monoisotopic (exact) mass is 998 g/mol. The van der Waals surface area contributed by atoms with Crippen LogP contribution < -0.4 is 27.0 Å². The molecule has 2 amide bonds. The van der Waals surface area contributed by atoms with E-state index in [0.29, 0.717) is 57.8 Å². The smallest absolute Gasteiger partial charge is 0.416 e. The van der Waals surface area contributed by atoms with Gasteiger partial charge in [-0.1, -0.05) is 11.6 Å². The second kappa shape index (κ2) is 20.6. The van der Waals surface area contributed by atoms with E-state index in [2.05, 4.69) is 35.0 Å². The molecule has 3 aromatic carbocycles. The van der Waals surface area contributed by atoms with E-state index in [-0.39, 0.29) is 34.8 Å². The highest BCUT2D eigenvalue weighted by Crippen LogP contribution is 2.44. The number of carbonyl (C=O) groups excluding carboxylic acids is 2. The van der Waals surface area contributed by atoms with Crippen LogP contribution in [0.1, 0.15) is 103 Å². The number of ether oxygens (including phenoxy) is 1. The van der Waals surface area contributed by atoms with Crippen molar-refractivity contribution in [2.24, 2.45) is 11.3 Å². The van der Waals surface area contributed by atoms with Crippen LogP contribution in [0.25, 0.3) is 16.6 Å². The van der Waals surface area contributed by atoms with Crippen molar-refractivity contribution in [1.29, 1.82) is 0 Å². The summed E-state index contributed by atoms with van der Waals surface area (Å²) >= 11 is 6.40. The molecule has 15 nitrogen and oxygen atoms in total. The van der Waals surface area contributed by atoms with E-state index in [4.69, 9.17) is 22.1 Å². The number of hydrogen-bond donors (Lipinski definition) is 3. The first kappa shape index (κ1) is 50.0. The minimum atomic E-state index is -4.53. The molecular weight excluding hydrogens is 937 g/mol. The molecule has 5 heterocycles. The van der Waals surface area contributed by atoms with E-state index in [1.165, 1.54) is 22.9 Å². The lowest BCUT2D eigenvalue weighted by molar-refractivity contribution is -0.139. The van der Waals surface area contributed by atoms with Crippen LogP contribution in [-0.4, -0.2) is 123 Å². The molecule has 1 spiro atoms. The number of anilines is 2. The molecule has 71 heavy (non-hydrogen) atoms. The van der Waals surface area contributed by atoms with Gasteiger partial charge in [-0.05, 0) is 143 Å². The lowest BCUT2D eigenvalue weighted by Crippen LogP contribution is -2.53. The van der Waals surface area contributed by atoms with Gasteiger partial charge in [-0.15, -0.1) is 0 Å². The van der Waals surface area contributed by atoms with Gasteiger partial charge in [0.1, 0.15) is 17.4 Å². The Kier molecular flexibility index (Phi) is 14.5. The van der Waals surface area contributed by atoms with Crippen LogP contribution in [0.5, 0.6) is 5.75 Å². The highest BCUT2D eigenvalue weighted by atomic mass is 35.5. The van der Waals surface area contributed by atoms with Gasteiger partial charge < -0.3 is 30.5 Å². The number of fused-ring (bicyclic) bond motifs is 1. The van der Waals surface area contributed by atoms with Crippen molar-refractivity contribution >= 4 is 45.8 Å². The Morgan fingerprint density at radius 3 is 2.21 bits per heavy atom. The number of aromatic nitrogens is 4. The molecular formula is C52H62ClF3N10O5. The second-order valence-corrected chi connectivity index (χ2v) is 20.4. The number of likely N-dealkylation sites (tertiary alicyclic amines) is 2. The van der Waals surface area contributed by atoms with Gasteiger partial charge in [0, 0.05) is 93.2 Å². The number of benzene rings is 3. The fourth-order valence-corrected chi connectivity index (χ4v) is 11.4. The standard InChI is InChI=1S/C52H62ClF3N10O5/c1-32(37-26-38(52(54,55)56)29-39(57)27-37)58-47-41-30-40(45(71-3)31-43(41)59-33(2)60-47)34-4-6-35(7-5-34)48(68)65-24-22-63(23-25-65)21-20-62-16-11-51(12-17-62)13-18-64(19-14-51)49(69)36-8-9-42(53)44(28-36)66-15-10-46(67)61-50(66)70/h8-10,15,26-32,34-35H,4-7,11-14,16-25,57H2,1-3H3,(H,58,59,60)(H,61,67,70)/t32-,34?,35?/m1/s1. The number of piperidine rings is 2. The Bertz CT molecular complexity index is 2890. The number of amides is 2. The van der Waals surface area contributed by atoms with Gasteiger partial charge >= 0.3 is 11.9 Å². The first-order valence-electron chi connectivity index (χ1n) is 24.7. The summed E-state index contributed by atoms with van der Waals surface area (Å²) in [4.78, 5) is 72.1. The van der Waals surface area contributed by atoms with Crippen LogP contribution in [0.2, 0.25) is 5.02 Å². The topological polar surface area (TPSA) is 175 Å². The van der Waals surface area contributed by atoms with Gasteiger partial charge in [0.15, 0.2) is 0 Å². The Morgan fingerprint density at radius 1 is 0.873 bits per heavy atom. The van der Waals surface area contributed by atoms with E-state index in [1.807, 2.05) is 17.0 Å². The minimum absolute atomic E-state index is 0.0308. The normalized spacial score (nSPS) is 20.5. The van der Waals surface area contributed by atoms with E-state index in [9.17, 15) is 32.3 Å². The number of carbonyl (C=O) groups is 2. The molecule has 378 valence electrons. The zero-order valence-corrected chi connectivity index (χ0v) is 41.3. The maximum Gasteiger partial charge on any atom is 0.416 e. The molecule has 2 aromatic heterocycles. The van der Waals surface area contributed by atoms with Crippen molar-refractivity contribution in [2.45, 2.75) is 83.4 Å². The average molecular weight is 1000 g/mol. The fourth-order valence-electron chi connectivity index (χ4n) is 11.2. The molecule has 3 aliphatic heterocycles. The summed E-state index contributed by atoms with van der Waals surface area (Å²) in [5.41, 5.74) is 7.04. The molecule has 9 rings (SSSR count). The van der Waals surface area contributed by atoms with Crippen molar-refractivity contribution in [3.05, 3.63) is 115 Å². The van der Waals surface area contributed by atoms with E-state index in [0.717, 1.165) is 127 Å². The third-order valence-corrected chi connectivity index (χ3v) is 15.9. The number of methoxy groups -OCH3 is 1. The number of H-pyrrole nitrogens is 1. The highest BCUT2D eigenvalue weighted by Gasteiger charge is 2.39. The van der Waals surface area contributed by atoms with Gasteiger partial charge in [-0.2, -0.15) is 13.2 Å². The number of nitrogen functional groups attached to an aromatic ring is 1. The van der Waals surface area contributed by atoms with E-state index >= 15 is 0 Å². The average Bonchev–Trinajstić information content (AvgIpc) is 3.35. The fraction of sp³-hybridized carbons (Fsp3) is 0.500. The number of nitrogens with two attached hydrogens (primary N) is 1. The van der Waals surface area contributed by atoms with Crippen molar-refractivity contribution in [3.63, 3.8) is 0 Å². The first-order chi connectivity index (χ1) is 34.0. The number of nitrogens with zero attached hydrogens (tertiary/aromatic N) is 7. The molecule has 0 bridgehead atoms. The van der Waals surface area contributed by atoms with Gasteiger partial charge in [0.2, 0.25) is 5.91 Å². The highest BCUT2D eigenvalue weighted by molar-refractivity contribution is 6.32. The maximum absolute atomic E-state index is 13.9. The molecule has 4 N–H and O–H groups in total. The summed E-state index contributed by atoms with van der Waals surface area (Å²) in [6, 6.07) is 13.1. The molecule has 4 fully saturated rings. The van der Waals surface area contributed by atoms with Crippen LogP contribution in [0, 0.1) is 18.3 Å². The SMILES string of the molecule is COc1cc2nc(C)nc(N[C@H](C)c3cc(N)cc(C(F)(F)F)c3)c2cc1C1CCC(C(=O)N2CCN(CCN3CCC4(CC3)CCN(C(=O)c3ccc(Cl)c(-n5ccc(=O)[nH]c5=O)c3)CC4)CC2)CC1. The predicted molar refractivity (Wildman–Crippen MR) is 267 cm³/mol. The van der Waals surface area contributed by atoms with Crippen molar-refractivity contribution in [3.8, 4) is 11.4 Å². The Balaban J connectivity index is 0.724. The van der Waals surface area contributed by atoms with Gasteiger partial charge in [-0.3, -0.25) is 28.8 Å². The zero-order valence-electron chi connectivity index (χ0n) is 40.5. The number of aromatic amines is 1. The van der Waals surface area contributed by atoms with Crippen molar-refractivity contribution in [1.82, 2.24) is 39.1 Å². The quantitative estimate of drug-likeness (QED) is 0.111. The number of hydrogen-bond acceptors (Lipinski definition) is 11. The number of halogens is 4.